The first-order chi connectivity index (χ1) is 11.6. The minimum Gasteiger partial charge on any atom is -0.348 e. The van der Waals surface area contributed by atoms with Gasteiger partial charge in [0, 0.05) is 6.04 Å². The van der Waals surface area contributed by atoms with Crippen LogP contribution in [0.25, 0.3) is 16.3 Å². The Bertz CT molecular complexity index is 836. The molecular weight excluding hydrogens is 318 g/mol. The molecule has 1 N–H and O–H groups in total. The maximum atomic E-state index is 12.7. The van der Waals surface area contributed by atoms with E-state index >= 15 is 0 Å². The van der Waals surface area contributed by atoms with Crippen molar-refractivity contribution in [1.82, 2.24) is 15.1 Å². The Hall–Kier alpha value is -2.40. The number of nitrogens with one attached hydrogen (secondary N) is 1. The van der Waals surface area contributed by atoms with Crippen LogP contribution in [0.2, 0.25) is 0 Å². The zero-order valence-corrected chi connectivity index (χ0v) is 14.9. The van der Waals surface area contributed by atoms with Crippen molar-refractivity contribution in [2.75, 3.05) is 0 Å². The zero-order valence-electron chi connectivity index (χ0n) is 14.1. The summed E-state index contributed by atoms with van der Waals surface area (Å²) in [5, 5.41) is 9.73. The number of hydrogen-bond donors (Lipinski definition) is 1. The minimum atomic E-state index is -0.0961. The highest BCUT2D eigenvalue weighted by Gasteiger charge is 2.19. The smallest absolute Gasteiger partial charge is 0.270 e. The Morgan fingerprint density at radius 2 is 2.12 bits per heavy atom. The lowest BCUT2D eigenvalue weighted by atomic mass is 10.2. The molecule has 1 amide bonds. The third-order valence-corrected chi connectivity index (χ3v) is 4.84. The predicted octanol–water partition coefficient (Wildman–Crippen LogP) is 4.44. The maximum absolute atomic E-state index is 12.7. The fraction of sp³-hybridized carbons (Fsp3) is 0.263. The average Bonchev–Trinajstić information content (AvgIpc) is 3.23. The number of aryl methyl sites for hydroxylation is 1. The van der Waals surface area contributed by atoms with E-state index in [2.05, 4.69) is 17.3 Å². The molecule has 0 fully saturated rings. The molecule has 0 saturated heterocycles. The molecule has 2 aromatic heterocycles. The van der Waals surface area contributed by atoms with Crippen molar-refractivity contribution >= 4 is 17.2 Å². The number of carbonyl (C=O) groups is 1. The van der Waals surface area contributed by atoms with Crippen LogP contribution in [-0.4, -0.2) is 21.7 Å². The SMILES string of the molecule is CCC(C)NC(=O)c1cc(-c2cccs2)nn1-c1cccc(C)c1. The predicted molar refractivity (Wildman–Crippen MR) is 98.8 cm³/mol. The van der Waals surface area contributed by atoms with Crippen LogP contribution in [0.3, 0.4) is 0 Å². The normalized spacial score (nSPS) is 12.1. The van der Waals surface area contributed by atoms with Gasteiger partial charge in [0.25, 0.3) is 5.91 Å². The average molecular weight is 339 g/mol. The molecule has 5 heteroatoms. The van der Waals surface area contributed by atoms with Crippen LogP contribution in [0.15, 0.2) is 47.8 Å². The van der Waals surface area contributed by atoms with Crippen molar-refractivity contribution in [3.05, 3.63) is 59.1 Å². The fourth-order valence-corrected chi connectivity index (χ4v) is 3.13. The molecule has 1 unspecified atom stereocenters. The summed E-state index contributed by atoms with van der Waals surface area (Å²) < 4.78 is 1.74. The van der Waals surface area contributed by atoms with Crippen molar-refractivity contribution in [2.45, 2.75) is 33.2 Å². The lowest BCUT2D eigenvalue weighted by molar-refractivity contribution is 0.0931. The van der Waals surface area contributed by atoms with Crippen LogP contribution in [0.4, 0.5) is 0 Å². The number of benzene rings is 1. The summed E-state index contributed by atoms with van der Waals surface area (Å²) in [7, 11) is 0. The molecule has 0 aliphatic heterocycles. The van der Waals surface area contributed by atoms with Crippen LogP contribution in [0.1, 0.15) is 36.3 Å². The second-order valence-electron chi connectivity index (χ2n) is 5.93. The second-order valence-corrected chi connectivity index (χ2v) is 6.87. The van der Waals surface area contributed by atoms with Gasteiger partial charge in [0.15, 0.2) is 0 Å². The van der Waals surface area contributed by atoms with Crippen molar-refractivity contribution in [2.24, 2.45) is 0 Å². The van der Waals surface area contributed by atoms with E-state index in [4.69, 9.17) is 0 Å². The first-order valence-electron chi connectivity index (χ1n) is 8.10. The number of thiophene rings is 1. The van der Waals surface area contributed by atoms with E-state index in [1.54, 1.807) is 16.0 Å². The summed E-state index contributed by atoms with van der Waals surface area (Å²) >= 11 is 1.62. The molecule has 0 aliphatic rings. The lowest BCUT2D eigenvalue weighted by Crippen LogP contribution is -2.33. The van der Waals surface area contributed by atoms with Crippen molar-refractivity contribution in [3.8, 4) is 16.3 Å². The second kappa shape index (κ2) is 7.01. The molecule has 24 heavy (non-hydrogen) atoms. The third kappa shape index (κ3) is 3.41. The molecule has 3 rings (SSSR count). The number of amides is 1. The van der Waals surface area contributed by atoms with E-state index in [1.165, 1.54) is 0 Å². The lowest BCUT2D eigenvalue weighted by Gasteiger charge is -2.12. The molecule has 0 radical (unpaired) electrons. The molecule has 0 bridgehead atoms. The molecule has 0 spiro atoms. The molecule has 2 heterocycles. The van der Waals surface area contributed by atoms with E-state index in [0.717, 1.165) is 28.2 Å². The Kier molecular flexibility index (Phi) is 4.81. The zero-order chi connectivity index (χ0) is 17.1. The van der Waals surface area contributed by atoms with E-state index in [1.807, 2.05) is 61.7 Å². The van der Waals surface area contributed by atoms with Crippen LogP contribution >= 0.6 is 11.3 Å². The number of carbonyl (C=O) groups excluding carboxylic acids is 1. The van der Waals surface area contributed by atoms with Crippen LogP contribution in [0.5, 0.6) is 0 Å². The van der Waals surface area contributed by atoms with Gasteiger partial charge in [-0.15, -0.1) is 11.3 Å². The first-order valence-corrected chi connectivity index (χ1v) is 8.98. The van der Waals surface area contributed by atoms with Gasteiger partial charge in [-0.2, -0.15) is 5.10 Å². The highest BCUT2D eigenvalue weighted by molar-refractivity contribution is 7.13. The fourth-order valence-electron chi connectivity index (χ4n) is 2.44. The molecule has 1 atom stereocenters. The van der Waals surface area contributed by atoms with Crippen molar-refractivity contribution in [3.63, 3.8) is 0 Å². The molecule has 4 nitrogen and oxygen atoms in total. The molecule has 124 valence electrons. The monoisotopic (exact) mass is 339 g/mol. The maximum Gasteiger partial charge on any atom is 0.270 e. The molecule has 3 aromatic rings. The summed E-state index contributed by atoms with van der Waals surface area (Å²) in [5.74, 6) is -0.0961. The number of aromatic nitrogens is 2. The van der Waals surface area contributed by atoms with Crippen LogP contribution in [-0.2, 0) is 0 Å². The summed E-state index contributed by atoms with van der Waals surface area (Å²) in [6.45, 7) is 6.09. The summed E-state index contributed by atoms with van der Waals surface area (Å²) in [6.07, 6.45) is 0.891. The highest BCUT2D eigenvalue weighted by atomic mass is 32.1. The van der Waals surface area contributed by atoms with Gasteiger partial charge < -0.3 is 5.32 Å². The quantitative estimate of drug-likeness (QED) is 0.747. The van der Waals surface area contributed by atoms with Gasteiger partial charge in [0.2, 0.25) is 0 Å². The largest absolute Gasteiger partial charge is 0.348 e. The summed E-state index contributed by atoms with van der Waals surface area (Å²) in [4.78, 5) is 13.8. The Morgan fingerprint density at radius 3 is 2.79 bits per heavy atom. The third-order valence-electron chi connectivity index (χ3n) is 3.95. The topological polar surface area (TPSA) is 46.9 Å². The van der Waals surface area contributed by atoms with Crippen molar-refractivity contribution in [1.29, 1.82) is 0 Å². The summed E-state index contributed by atoms with van der Waals surface area (Å²) in [5.41, 5.74) is 3.41. The number of rotatable bonds is 5. The van der Waals surface area contributed by atoms with Gasteiger partial charge in [-0.3, -0.25) is 4.79 Å². The van der Waals surface area contributed by atoms with Crippen LogP contribution in [0, 0.1) is 6.92 Å². The standard InChI is InChI=1S/C19H21N3OS/c1-4-14(3)20-19(23)17-12-16(18-9-6-10-24-18)21-22(17)15-8-5-7-13(2)11-15/h5-12,14H,4H2,1-3H3,(H,20,23). The molecule has 0 saturated carbocycles. The molecule has 1 aromatic carbocycles. The van der Waals surface area contributed by atoms with E-state index in [9.17, 15) is 4.79 Å². The van der Waals surface area contributed by atoms with Gasteiger partial charge in [0.05, 0.1) is 10.6 Å². The van der Waals surface area contributed by atoms with Gasteiger partial charge in [-0.05, 0) is 55.5 Å². The van der Waals surface area contributed by atoms with Gasteiger partial charge in [0.1, 0.15) is 11.4 Å². The Balaban J connectivity index is 2.06. The van der Waals surface area contributed by atoms with Crippen molar-refractivity contribution < 1.29 is 4.79 Å². The van der Waals surface area contributed by atoms with E-state index in [-0.39, 0.29) is 11.9 Å². The summed E-state index contributed by atoms with van der Waals surface area (Å²) in [6, 6.07) is 14.0. The first kappa shape index (κ1) is 16.5. The van der Waals surface area contributed by atoms with E-state index in [0.29, 0.717) is 5.69 Å². The number of nitrogens with zero attached hydrogens (tertiary/aromatic N) is 2. The Morgan fingerprint density at radius 1 is 1.29 bits per heavy atom. The number of hydrogen-bond acceptors (Lipinski definition) is 3. The van der Waals surface area contributed by atoms with Crippen LogP contribution < -0.4 is 5.32 Å². The van der Waals surface area contributed by atoms with Gasteiger partial charge in [-0.1, -0.05) is 25.1 Å². The molecule has 0 aliphatic carbocycles. The highest BCUT2D eigenvalue weighted by Crippen LogP contribution is 2.26. The van der Waals surface area contributed by atoms with Gasteiger partial charge in [-0.25, -0.2) is 4.68 Å². The minimum absolute atomic E-state index is 0.0961. The van der Waals surface area contributed by atoms with Gasteiger partial charge >= 0.3 is 0 Å². The molecular formula is C19H21N3OS. The Labute approximate surface area is 146 Å². The van der Waals surface area contributed by atoms with E-state index < -0.39 is 0 Å².